The lowest BCUT2D eigenvalue weighted by Gasteiger charge is -2.35. The average Bonchev–Trinajstić information content (AvgIpc) is 3.25. The molecule has 0 radical (unpaired) electrons. The number of aromatic nitrogens is 5. The molecule has 0 aliphatic carbocycles. The number of carboxylic acid groups (broad SMARTS) is 1. The van der Waals surface area contributed by atoms with Gasteiger partial charge >= 0.3 is 13.5 Å². The number of rotatable bonds is 12. The van der Waals surface area contributed by atoms with E-state index < -0.39 is 31.7 Å². The normalized spacial score (nSPS) is 15.7. The molecule has 0 saturated carbocycles. The van der Waals surface area contributed by atoms with Crippen molar-refractivity contribution in [2.45, 2.75) is 59.4 Å². The lowest BCUT2D eigenvalue weighted by Crippen LogP contribution is -2.42. The van der Waals surface area contributed by atoms with Crippen LogP contribution in [0.1, 0.15) is 40.2 Å². The summed E-state index contributed by atoms with van der Waals surface area (Å²) in [7, 11) is -3.91. The fraction of sp³-hybridized carbons (Fsp3) is 0.455. The van der Waals surface area contributed by atoms with Crippen molar-refractivity contribution in [3.63, 3.8) is 0 Å². The van der Waals surface area contributed by atoms with Crippen LogP contribution in [0.4, 0.5) is 5.82 Å². The van der Waals surface area contributed by atoms with Crippen LogP contribution in [0, 0.1) is 0 Å². The summed E-state index contributed by atoms with van der Waals surface area (Å²) in [6.45, 7) is 8.72. The Bertz CT molecular complexity index is 1270. The van der Waals surface area contributed by atoms with E-state index >= 15 is 0 Å². The highest BCUT2D eigenvalue weighted by Crippen LogP contribution is 2.54. The van der Waals surface area contributed by atoms with E-state index in [4.69, 9.17) is 15.1 Å². The Morgan fingerprint density at radius 1 is 1.22 bits per heavy atom. The van der Waals surface area contributed by atoms with Gasteiger partial charge in [0.15, 0.2) is 11.5 Å². The number of imidazole rings is 1. The van der Waals surface area contributed by atoms with Crippen molar-refractivity contribution in [1.29, 1.82) is 0 Å². The molecule has 0 aromatic carbocycles. The third-order valence-corrected chi connectivity index (χ3v) is 7.77. The number of hydrogen-bond acceptors (Lipinski definition) is 10. The number of carboxylic acids is 1. The minimum atomic E-state index is -3.91. The third-order valence-electron chi connectivity index (χ3n) is 5.44. The molecule has 0 amide bonds. The minimum absolute atomic E-state index is 0.267. The Morgan fingerprint density at radius 3 is 2.56 bits per heavy atom. The summed E-state index contributed by atoms with van der Waals surface area (Å²) < 4.78 is 28.7. The summed E-state index contributed by atoms with van der Waals surface area (Å²) in [5, 5.41) is 13.7. The fourth-order valence-electron chi connectivity index (χ4n) is 3.66. The van der Waals surface area contributed by atoms with Gasteiger partial charge in [0.25, 0.3) is 0 Å². The maximum atomic E-state index is 14.1. The van der Waals surface area contributed by atoms with Gasteiger partial charge in [-0.3, -0.25) is 14.3 Å². The van der Waals surface area contributed by atoms with E-state index in [2.05, 4.69) is 25.1 Å². The molecule has 0 spiro atoms. The number of hydrogen-bond donors (Lipinski definition) is 2. The van der Waals surface area contributed by atoms with Crippen LogP contribution < -0.4 is 5.73 Å². The van der Waals surface area contributed by atoms with Crippen molar-refractivity contribution in [2.24, 2.45) is 5.16 Å². The predicted molar refractivity (Wildman–Crippen MR) is 134 cm³/mol. The molecule has 3 rings (SSSR count). The van der Waals surface area contributed by atoms with Gasteiger partial charge in [-0.15, -0.1) is 0 Å². The van der Waals surface area contributed by atoms with Crippen LogP contribution in [0.2, 0.25) is 0 Å². The van der Waals surface area contributed by atoms with Gasteiger partial charge in [0.1, 0.15) is 24.2 Å². The molecule has 3 heterocycles. The van der Waals surface area contributed by atoms with E-state index in [0.717, 1.165) is 5.56 Å². The number of oxime groups is 1. The first kappa shape index (κ1) is 27.2. The zero-order chi connectivity index (χ0) is 26.5. The second kappa shape index (κ2) is 11.5. The Hall–Kier alpha value is -3.41. The average molecular weight is 519 g/mol. The lowest BCUT2D eigenvalue weighted by molar-refractivity contribution is -0.141. The first-order chi connectivity index (χ1) is 17.0. The van der Waals surface area contributed by atoms with Crippen LogP contribution in [-0.2, 0) is 25.3 Å². The smallest absolute Gasteiger partial charge is 0.367 e. The molecule has 1 unspecified atom stereocenters. The van der Waals surface area contributed by atoms with Gasteiger partial charge in [-0.1, -0.05) is 5.16 Å². The van der Waals surface area contributed by atoms with Crippen molar-refractivity contribution in [3.8, 4) is 0 Å². The summed E-state index contributed by atoms with van der Waals surface area (Å²) in [6, 6.07) is 1.92. The molecule has 3 aromatic rings. The number of carbonyl (C=O) groups is 1. The molecule has 0 bridgehead atoms. The molecule has 0 aliphatic rings. The number of nitrogen functional groups attached to an aromatic ring is 1. The molecule has 36 heavy (non-hydrogen) atoms. The summed E-state index contributed by atoms with van der Waals surface area (Å²) in [6.07, 6.45) is 5.27. The highest BCUT2D eigenvalue weighted by atomic mass is 31.2. The highest BCUT2D eigenvalue weighted by molar-refractivity contribution is 7.56. The van der Waals surface area contributed by atoms with Gasteiger partial charge in [-0.25, -0.2) is 19.6 Å². The largest absolute Gasteiger partial charge is 0.480 e. The number of pyridine rings is 1. The number of ether oxygens (including phenoxy) is 1. The van der Waals surface area contributed by atoms with Crippen LogP contribution >= 0.6 is 7.52 Å². The summed E-state index contributed by atoms with van der Waals surface area (Å²) >= 11 is 0. The number of nitrogens with zero attached hydrogens (tertiary/aromatic N) is 7. The fourth-order valence-corrected chi connectivity index (χ4v) is 5.95. The molecule has 14 heteroatoms. The number of aliphatic carboxylic acids is 1. The quantitative estimate of drug-likeness (QED) is 0.205. The summed E-state index contributed by atoms with van der Waals surface area (Å²) in [5.41, 5.74) is 8.04. The molecular formula is C22H31N8O5P. The zero-order valence-electron chi connectivity index (χ0n) is 20.8. The van der Waals surface area contributed by atoms with E-state index in [1.54, 1.807) is 63.1 Å². The van der Waals surface area contributed by atoms with Crippen molar-refractivity contribution in [3.05, 3.63) is 42.7 Å². The molecule has 3 N–H and O–H groups in total. The standard InChI is InChI=1S/C22H31N8O5P/c1-14(2)30(17(5)22(31)32)36(33,35-28-16(4)18-6-8-24-9-7-18)13-34-15(3)10-29-12-27-19-20(23)25-11-26-21(19)29/h6-9,11-12,14-15,17H,10,13H2,1-5H3,(H,31,32)(H2,23,25,26)/b28-16+/t15-,17-,36?/m0/s1. The molecule has 3 aromatic heterocycles. The van der Waals surface area contributed by atoms with Crippen LogP contribution in [-0.4, -0.2) is 70.5 Å². The predicted octanol–water partition coefficient (Wildman–Crippen LogP) is 2.98. The second-order valence-corrected chi connectivity index (χ2v) is 10.7. The molecule has 0 fully saturated rings. The molecule has 3 atom stereocenters. The first-order valence-electron chi connectivity index (χ1n) is 11.3. The Balaban J connectivity index is 1.83. The monoisotopic (exact) mass is 518 g/mol. The van der Waals surface area contributed by atoms with Gasteiger partial charge in [-0.2, -0.15) is 0 Å². The van der Waals surface area contributed by atoms with Gasteiger partial charge in [-0.05, 0) is 46.8 Å². The van der Waals surface area contributed by atoms with E-state index in [1.807, 2.05) is 0 Å². The lowest BCUT2D eigenvalue weighted by atomic mass is 10.2. The SMILES string of the molecule is C/C(=N\OP(=O)(CO[C@@H](C)Cn1cnc2c(N)ncnc21)N(C(C)C)[C@@H](C)C(=O)O)c1ccncc1. The molecular weight excluding hydrogens is 487 g/mol. The summed E-state index contributed by atoms with van der Waals surface area (Å²) in [4.78, 5) is 28.2. The Labute approximate surface area is 208 Å². The van der Waals surface area contributed by atoms with Gasteiger partial charge in [0.05, 0.1) is 24.7 Å². The van der Waals surface area contributed by atoms with Crippen LogP contribution in [0.5, 0.6) is 0 Å². The van der Waals surface area contributed by atoms with Crippen molar-refractivity contribution < 1.29 is 23.8 Å². The van der Waals surface area contributed by atoms with Gasteiger partial charge in [0, 0.05) is 24.0 Å². The van der Waals surface area contributed by atoms with E-state index in [0.29, 0.717) is 23.4 Å². The second-order valence-electron chi connectivity index (χ2n) is 8.55. The highest BCUT2D eigenvalue weighted by Gasteiger charge is 2.42. The zero-order valence-corrected chi connectivity index (χ0v) is 21.7. The van der Waals surface area contributed by atoms with Gasteiger partial charge in [0.2, 0.25) is 0 Å². The van der Waals surface area contributed by atoms with E-state index in [1.165, 1.54) is 17.9 Å². The van der Waals surface area contributed by atoms with Crippen molar-refractivity contribution in [2.75, 3.05) is 12.1 Å². The van der Waals surface area contributed by atoms with Crippen LogP contribution in [0.15, 0.2) is 42.3 Å². The Morgan fingerprint density at radius 2 is 1.92 bits per heavy atom. The number of anilines is 1. The maximum absolute atomic E-state index is 14.1. The molecule has 0 saturated heterocycles. The third kappa shape index (κ3) is 6.23. The number of nitrogens with two attached hydrogens (primary N) is 1. The number of fused-ring (bicyclic) bond motifs is 1. The first-order valence-corrected chi connectivity index (χ1v) is 13.1. The van der Waals surface area contributed by atoms with E-state index in [9.17, 15) is 14.5 Å². The van der Waals surface area contributed by atoms with E-state index in [-0.39, 0.29) is 12.2 Å². The molecule has 194 valence electrons. The van der Waals surface area contributed by atoms with Crippen molar-refractivity contribution in [1.82, 2.24) is 29.2 Å². The topological polar surface area (TPSA) is 171 Å². The van der Waals surface area contributed by atoms with Crippen molar-refractivity contribution >= 4 is 36.2 Å². The van der Waals surface area contributed by atoms with Crippen LogP contribution in [0.3, 0.4) is 0 Å². The molecule has 0 aliphatic heterocycles. The summed E-state index contributed by atoms with van der Waals surface area (Å²) in [5.74, 6) is -0.875. The maximum Gasteiger partial charge on any atom is 0.367 e. The molecule has 13 nitrogen and oxygen atoms in total. The Kier molecular flexibility index (Phi) is 8.72. The van der Waals surface area contributed by atoms with Crippen LogP contribution in [0.25, 0.3) is 11.2 Å². The minimum Gasteiger partial charge on any atom is -0.480 e. The van der Waals surface area contributed by atoms with Gasteiger partial charge < -0.3 is 24.8 Å².